The van der Waals surface area contributed by atoms with Crippen LogP contribution in [0.3, 0.4) is 0 Å². The van der Waals surface area contributed by atoms with Gasteiger partial charge in [0.15, 0.2) is 0 Å². The van der Waals surface area contributed by atoms with Crippen LogP contribution >= 0.6 is 23.2 Å². The molecule has 0 aliphatic heterocycles. The molecule has 2 aromatic rings. The topological polar surface area (TPSA) is 0 Å². The Labute approximate surface area is 106 Å². The Balaban J connectivity index is 2.66. The Morgan fingerprint density at radius 1 is 1.00 bits per heavy atom. The first-order chi connectivity index (χ1) is 7.58. The quantitative estimate of drug-likeness (QED) is 0.662. The highest BCUT2D eigenvalue weighted by atomic mass is 35.5. The number of hydrogen-bond donors (Lipinski definition) is 0. The summed E-state index contributed by atoms with van der Waals surface area (Å²) < 4.78 is 0. The van der Waals surface area contributed by atoms with Gasteiger partial charge in [0.2, 0.25) is 0 Å². The Hall–Kier alpha value is -0.980. The van der Waals surface area contributed by atoms with Crippen molar-refractivity contribution < 1.29 is 0 Å². The summed E-state index contributed by atoms with van der Waals surface area (Å²) in [5.74, 6) is 0. The van der Waals surface area contributed by atoms with Crippen molar-refractivity contribution in [1.29, 1.82) is 0 Å². The molecule has 0 atom stereocenters. The molecule has 0 unspecified atom stereocenters. The lowest BCUT2D eigenvalue weighted by Gasteiger charge is -2.09. The third kappa shape index (κ3) is 2.23. The Kier molecular flexibility index (Phi) is 3.22. The summed E-state index contributed by atoms with van der Waals surface area (Å²) in [6, 6.07) is 12.7. The van der Waals surface area contributed by atoms with Crippen molar-refractivity contribution in [1.82, 2.24) is 0 Å². The molecule has 0 saturated carbocycles. The van der Waals surface area contributed by atoms with E-state index in [1.807, 2.05) is 38.1 Å². The molecule has 2 heteroatoms. The first-order valence-electron chi connectivity index (χ1n) is 5.02. The summed E-state index contributed by atoms with van der Waals surface area (Å²) in [7, 11) is 0. The van der Waals surface area contributed by atoms with Gasteiger partial charge in [-0.3, -0.25) is 0 Å². The molecule has 0 amide bonds. The fourth-order valence-electron chi connectivity index (χ4n) is 1.67. The highest BCUT2D eigenvalue weighted by Crippen LogP contribution is 2.32. The van der Waals surface area contributed by atoms with Crippen molar-refractivity contribution in [3.8, 4) is 11.1 Å². The highest BCUT2D eigenvalue weighted by Gasteiger charge is 2.07. The maximum atomic E-state index is 6.18. The SMILES string of the molecule is Cc1[c]cc(Cl)c(-c2cc(Cl)ccc2C)c1. The van der Waals surface area contributed by atoms with E-state index in [9.17, 15) is 0 Å². The van der Waals surface area contributed by atoms with Gasteiger partial charge >= 0.3 is 0 Å². The van der Waals surface area contributed by atoms with Crippen molar-refractivity contribution in [2.75, 3.05) is 0 Å². The van der Waals surface area contributed by atoms with Crippen LogP contribution in [0.5, 0.6) is 0 Å². The zero-order valence-electron chi connectivity index (χ0n) is 9.14. The molecule has 0 heterocycles. The second kappa shape index (κ2) is 4.48. The molecule has 0 fully saturated rings. The van der Waals surface area contributed by atoms with Crippen LogP contribution in [0, 0.1) is 19.9 Å². The van der Waals surface area contributed by atoms with Gasteiger partial charge in [0.05, 0.1) is 0 Å². The van der Waals surface area contributed by atoms with Gasteiger partial charge in [0.25, 0.3) is 0 Å². The summed E-state index contributed by atoms with van der Waals surface area (Å²) in [5.41, 5.74) is 4.32. The number of aryl methyl sites for hydroxylation is 2. The molecule has 16 heavy (non-hydrogen) atoms. The predicted octanol–water partition coefficient (Wildman–Crippen LogP) is 5.08. The minimum atomic E-state index is 0.705. The molecule has 0 nitrogen and oxygen atoms in total. The van der Waals surface area contributed by atoms with E-state index in [2.05, 4.69) is 6.07 Å². The molecule has 0 aliphatic carbocycles. The summed E-state index contributed by atoms with van der Waals surface area (Å²) in [6.45, 7) is 4.05. The fourth-order valence-corrected chi connectivity index (χ4v) is 2.06. The monoisotopic (exact) mass is 249 g/mol. The Morgan fingerprint density at radius 2 is 1.75 bits per heavy atom. The molecule has 0 spiro atoms. The van der Waals surface area contributed by atoms with E-state index in [-0.39, 0.29) is 0 Å². The lowest BCUT2D eigenvalue weighted by molar-refractivity contribution is 1.42. The Bertz CT molecular complexity index is 481. The lowest BCUT2D eigenvalue weighted by atomic mass is 9.99. The average Bonchev–Trinajstić information content (AvgIpc) is 2.25. The summed E-state index contributed by atoms with van der Waals surface area (Å²) in [6.07, 6.45) is 0. The Morgan fingerprint density at radius 3 is 2.50 bits per heavy atom. The van der Waals surface area contributed by atoms with Gasteiger partial charge in [0.1, 0.15) is 0 Å². The van der Waals surface area contributed by atoms with Crippen LogP contribution in [0.1, 0.15) is 11.1 Å². The van der Waals surface area contributed by atoms with Crippen molar-refractivity contribution in [2.24, 2.45) is 0 Å². The third-order valence-electron chi connectivity index (χ3n) is 2.53. The van der Waals surface area contributed by atoms with Crippen LogP contribution in [0.4, 0.5) is 0 Å². The number of hydrogen-bond acceptors (Lipinski definition) is 0. The summed E-state index contributed by atoms with van der Waals surface area (Å²) in [5, 5.41) is 1.43. The molecule has 81 valence electrons. The van der Waals surface area contributed by atoms with Gasteiger partial charge in [-0.2, -0.15) is 0 Å². The van der Waals surface area contributed by atoms with E-state index < -0.39 is 0 Å². The smallest absolute Gasteiger partial charge is 0.0490 e. The highest BCUT2D eigenvalue weighted by molar-refractivity contribution is 6.34. The first kappa shape index (κ1) is 11.5. The third-order valence-corrected chi connectivity index (χ3v) is 3.08. The number of rotatable bonds is 1. The van der Waals surface area contributed by atoms with Crippen molar-refractivity contribution in [2.45, 2.75) is 13.8 Å². The van der Waals surface area contributed by atoms with Gasteiger partial charge in [0, 0.05) is 15.6 Å². The summed E-state index contributed by atoms with van der Waals surface area (Å²) >= 11 is 12.2. The van der Waals surface area contributed by atoms with Crippen LogP contribution in [-0.4, -0.2) is 0 Å². The molecule has 2 aromatic carbocycles. The molecule has 0 saturated heterocycles. The number of halogens is 2. The first-order valence-corrected chi connectivity index (χ1v) is 5.78. The van der Waals surface area contributed by atoms with E-state index in [1.54, 1.807) is 6.07 Å². The fraction of sp³-hybridized carbons (Fsp3) is 0.143. The van der Waals surface area contributed by atoms with E-state index in [4.69, 9.17) is 23.2 Å². The minimum Gasteiger partial charge on any atom is -0.0843 e. The molecule has 1 radical (unpaired) electrons. The average molecular weight is 250 g/mol. The van der Waals surface area contributed by atoms with Gasteiger partial charge < -0.3 is 0 Å². The van der Waals surface area contributed by atoms with Crippen molar-refractivity contribution in [3.63, 3.8) is 0 Å². The van der Waals surface area contributed by atoms with E-state index >= 15 is 0 Å². The van der Waals surface area contributed by atoms with Crippen LogP contribution in [0.25, 0.3) is 11.1 Å². The second-order valence-corrected chi connectivity index (χ2v) is 4.68. The molecule has 0 bridgehead atoms. The van der Waals surface area contributed by atoms with Crippen LogP contribution in [0.15, 0.2) is 30.3 Å². The molecular formula is C14H11Cl2. The van der Waals surface area contributed by atoms with Crippen LogP contribution in [0.2, 0.25) is 10.0 Å². The van der Waals surface area contributed by atoms with E-state index in [0.717, 1.165) is 27.3 Å². The van der Waals surface area contributed by atoms with Gasteiger partial charge in [-0.1, -0.05) is 29.3 Å². The largest absolute Gasteiger partial charge is 0.0843 e. The maximum Gasteiger partial charge on any atom is 0.0490 e. The summed E-state index contributed by atoms with van der Waals surface area (Å²) in [4.78, 5) is 0. The lowest BCUT2D eigenvalue weighted by Crippen LogP contribution is -1.86. The molecule has 2 rings (SSSR count). The van der Waals surface area contributed by atoms with E-state index in [0.29, 0.717) is 5.02 Å². The minimum absolute atomic E-state index is 0.705. The second-order valence-electron chi connectivity index (χ2n) is 3.84. The zero-order valence-corrected chi connectivity index (χ0v) is 10.7. The molecule has 0 aliphatic rings. The van der Waals surface area contributed by atoms with Gasteiger partial charge in [-0.15, -0.1) is 0 Å². The molecular weight excluding hydrogens is 239 g/mol. The molecule has 0 N–H and O–H groups in total. The van der Waals surface area contributed by atoms with Gasteiger partial charge in [-0.25, -0.2) is 0 Å². The standard InChI is InChI=1S/C14H11Cl2/c1-9-3-6-14(16)13(7-9)12-8-11(15)5-4-10(12)2/h4-8H,1-2H3. The zero-order chi connectivity index (χ0) is 11.7. The normalized spacial score (nSPS) is 10.5. The van der Waals surface area contributed by atoms with Crippen molar-refractivity contribution >= 4 is 23.2 Å². The number of benzene rings is 2. The van der Waals surface area contributed by atoms with E-state index in [1.165, 1.54) is 0 Å². The van der Waals surface area contributed by atoms with Crippen molar-refractivity contribution in [3.05, 3.63) is 57.6 Å². The van der Waals surface area contributed by atoms with Crippen LogP contribution in [-0.2, 0) is 0 Å². The predicted molar refractivity (Wildman–Crippen MR) is 70.2 cm³/mol. The van der Waals surface area contributed by atoms with Gasteiger partial charge in [-0.05, 0) is 60.9 Å². The van der Waals surface area contributed by atoms with Crippen LogP contribution < -0.4 is 0 Å². The maximum absolute atomic E-state index is 6.18. The molecule has 0 aromatic heterocycles.